The first-order valence-electron chi connectivity index (χ1n) is 12.5. The molecule has 2 aliphatic rings. The van der Waals surface area contributed by atoms with Gasteiger partial charge in [0.25, 0.3) is 5.56 Å². The molecule has 2 N–H and O–H groups in total. The minimum atomic E-state index is -0.281. The number of benzene rings is 1. The third-order valence-electron chi connectivity index (χ3n) is 7.35. The summed E-state index contributed by atoms with van der Waals surface area (Å²) in [7, 11) is 0. The highest BCUT2D eigenvalue weighted by Crippen LogP contribution is 2.35. The van der Waals surface area contributed by atoms with Gasteiger partial charge in [0.15, 0.2) is 0 Å². The van der Waals surface area contributed by atoms with Crippen molar-refractivity contribution in [3.8, 4) is 0 Å². The standard InChI is InChI=1S/C25H32ClN5O4/c26-23-20(27-14-17-4-3-13-35-16-17)15-28-31(24(23)33)19-9-7-18(8-10-19)30-22-6-2-1-5-21(22)29(11-12-32)25(30)34/h1-2,5-6,15,17-19,27,32H,3-4,7-14,16H2/t17-,18-,19-/m1/s1. The molecule has 0 bridgehead atoms. The van der Waals surface area contributed by atoms with Crippen molar-refractivity contribution in [2.45, 2.75) is 57.2 Å². The van der Waals surface area contributed by atoms with Gasteiger partial charge in [-0.05, 0) is 56.6 Å². The van der Waals surface area contributed by atoms with Crippen LogP contribution in [0.15, 0.2) is 40.1 Å². The Hall–Kier alpha value is -2.62. The molecule has 3 heterocycles. The highest BCUT2D eigenvalue weighted by Gasteiger charge is 2.28. The molecular formula is C25H32ClN5O4. The van der Waals surface area contributed by atoms with E-state index in [9.17, 15) is 14.7 Å². The lowest BCUT2D eigenvalue weighted by atomic mass is 9.91. The second-order valence-corrected chi connectivity index (χ2v) is 9.94. The number of rotatable bonds is 7. The van der Waals surface area contributed by atoms with Gasteiger partial charge in [-0.1, -0.05) is 23.7 Å². The molecule has 0 amide bonds. The lowest BCUT2D eigenvalue weighted by Crippen LogP contribution is -2.34. The number of para-hydroxylation sites is 2. The predicted octanol–water partition coefficient (Wildman–Crippen LogP) is 3.20. The Morgan fingerprint density at radius 1 is 1.09 bits per heavy atom. The number of fused-ring (bicyclic) bond motifs is 1. The van der Waals surface area contributed by atoms with Crippen LogP contribution in [0.1, 0.15) is 50.6 Å². The highest BCUT2D eigenvalue weighted by molar-refractivity contribution is 6.32. The van der Waals surface area contributed by atoms with Crippen LogP contribution in [0, 0.1) is 5.92 Å². The van der Waals surface area contributed by atoms with Crippen LogP contribution < -0.4 is 16.6 Å². The van der Waals surface area contributed by atoms with Crippen molar-refractivity contribution in [2.75, 3.05) is 31.7 Å². The second kappa shape index (κ2) is 10.6. The average molecular weight is 502 g/mol. The maximum absolute atomic E-state index is 13.2. The fraction of sp³-hybridized carbons (Fsp3) is 0.560. The molecule has 188 valence electrons. The van der Waals surface area contributed by atoms with Crippen molar-refractivity contribution < 1.29 is 9.84 Å². The van der Waals surface area contributed by atoms with Crippen molar-refractivity contribution in [3.05, 3.63) is 56.3 Å². The van der Waals surface area contributed by atoms with Gasteiger partial charge in [0.05, 0.1) is 48.7 Å². The smallest absolute Gasteiger partial charge is 0.329 e. The Labute approximate surface area is 208 Å². The predicted molar refractivity (Wildman–Crippen MR) is 135 cm³/mol. The van der Waals surface area contributed by atoms with Gasteiger partial charge in [-0.15, -0.1) is 0 Å². The van der Waals surface area contributed by atoms with E-state index in [4.69, 9.17) is 16.3 Å². The number of nitrogens with one attached hydrogen (secondary N) is 1. The molecule has 2 aromatic heterocycles. The lowest BCUT2D eigenvalue weighted by molar-refractivity contribution is 0.0595. The van der Waals surface area contributed by atoms with Crippen LogP contribution in [0.5, 0.6) is 0 Å². The number of aliphatic hydroxyl groups excluding tert-OH is 1. The van der Waals surface area contributed by atoms with E-state index in [1.54, 1.807) is 10.8 Å². The second-order valence-electron chi connectivity index (χ2n) is 9.56. The molecule has 2 fully saturated rings. The summed E-state index contributed by atoms with van der Waals surface area (Å²) in [6.45, 7) is 2.42. The number of imidazole rings is 1. The summed E-state index contributed by atoms with van der Waals surface area (Å²) in [5.41, 5.74) is 1.90. The summed E-state index contributed by atoms with van der Waals surface area (Å²) in [6, 6.07) is 7.67. The van der Waals surface area contributed by atoms with Crippen LogP contribution in [0.2, 0.25) is 5.02 Å². The largest absolute Gasteiger partial charge is 0.395 e. The summed E-state index contributed by atoms with van der Waals surface area (Å²) >= 11 is 6.44. The lowest BCUT2D eigenvalue weighted by Gasteiger charge is -2.30. The summed E-state index contributed by atoms with van der Waals surface area (Å²) in [4.78, 5) is 26.2. The molecule has 1 saturated carbocycles. The Morgan fingerprint density at radius 2 is 1.83 bits per heavy atom. The minimum Gasteiger partial charge on any atom is -0.395 e. The molecule has 1 aromatic carbocycles. The molecule has 9 nitrogen and oxygen atoms in total. The van der Waals surface area contributed by atoms with Gasteiger partial charge in [-0.3, -0.25) is 13.9 Å². The molecule has 5 rings (SSSR count). The van der Waals surface area contributed by atoms with Gasteiger partial charge in [0.1, 0.15) is 5.02 Å². The summed E-state index contributed by atoms with van der Waals surface area (Å²) in [5.74, 6) is 0.407. The summed E-state index contributed by atoms with van der Waals surface area (Å²) < 4.78 is 10.5. The van der Waals surface area contributed by atoms with Crippen molar-refractivity contribution >= 4 is 28.3 Å². The Morgan fingerprint density at radius 3 is 2.54 bits per heavy atom. The number of anilines is 1. The Kier molecular flexibility index (Phi) is 7.27. The maximum Gasteiger partial charge on any atom is 0.329 e. The van der Waals surface area contributed by atoms with E-state index in [1.807, 2.05) is 28.8 Å². The number of aromatic nitrogens is 4. The fourth-order valence-corrected chi connectivity index (χ4v) is 5.72. The molecule has 0 spiro atoms. The number of ether oxygens (including phenoxy) is 1. The number of hydrogen-bond donors (Lipinski definition) is 2. The molecule has 35 heavy (non-hydrogen) atoms. The van der Waals surface area contributed by atoms with E-state index in [-0.39, 0.29) is 41.5 Å². The normalized spacial score (nSPS) is 23.0. The molecule has 3 aromatic rings. The number of aliphatic hydroxyl groups is 1. The summed E-state index contributed by atoms with van der Waals surface area (Å²) in [6.07, 6.45) is 6.76. The van der Waals surface area contributed by atoms with Gasteiger partial charge >= 0.3 is 5.69 Å². The molecule has 1 saturated heterocycles. The number of nitrogens with zero attached hydrogens (tertiary/aromatic N) is 4. The monoisotopic (exact) mass is 501 g/mol. The first-order valence-corrected chi connectivity index (χ1v) is 12.9. The van der Waals surface area contributed by atoms with Gasteiger partial charge in [-0.25, -0.2) is 9.48 Å². The number of halogens is 1. The van der Waals surface area contributed by atoms with E-state index in [1.165, 1.54) is 4.68 Å². The molecule has 1 atom stereocenters. The van der Waals surface area contributed by atoms with Crippen molar-refractivity contribution in [1.82, 2.24) is 18.9 Å². The molecule has 0 radical (unpaired) electrons. The van der Waals surface area contributed by atoms with E-state index >= 15 is 0 Å². The van der Waals surface area contributed by atoms with Crippen LogP contribution >= 0.6 is 11.6 Å². The van der Waals surface area contributed by atoms with Gasteiger partial charge in [0, 0.05) is 19.2 Å². The molecule has 0 unspecified atom stereocenters. The summed E-state index contributed by atoms with van der Waals surface area (Å²) in [5, 5.41) is 17.3. The van der Waals surface area contributed by atoms with Gasteiger partial charge < -0.3 is 15.2 Å². The van der Waals surface area contributed by atoms with Crippen LogP contribution in [-0.4, -0.2) is 50.4 Å². The molecular weight excluding hydrogens is 470 g/mol. The molecule has 1 aliphatic carbocycles. The third-order valence-corrected chi connectivity index (χ3v) is 7.71. The molecule has 1 aliphatic heterocycles. The van der Waals surface area contributed by atoms with E-state index in [2.05, 4.69) is 10.4 Å². The van der Waals surface area contributed by atoms with Crippen LogP contribution in [0.3, 0.4) is 0 Å². The number of hydrogen-bond acceptors (Lipinski definition) is 6. The van der Waals surface area contributed by atoms with Gasteiger partial charge in [0.2, 0.25) is 0 Å². The fourth-order valence-electron chi connectivity index (χ4n) is 5.51. The molecule has 10 heteroatoms. The van der Waals surface area contributed by atoms with Crippen molar-refractivity contribution in [1.29, 1.82) is 0 Å². The van der Waals surface area contributed by atoms with Crippen molar-refractivity contribution in [2.24, 2.45) is 5.92 Å². The van der Waals surface area contributed by atoms with E-state index in [0.29, 0.717) is 18.2 Å². The highest BCUT2D eigenvalue weighted by atomic mass is 35.5. The van der Waals surface area contributed by atoms with Crippen LogP contribution in [0.25, 0.3) is 11.0 Å². The van der Waals surface area contributed by atoms with Crippen LogP contribution in [-0.2, 0) is 11.3 Å². The zero-order valence-electron chi connectivity index (χ0n) is 19.7. The zero-order chi connectivity index (χ0) is 24.4. The maximum atomic E-state index is 13.2. The van der Waals surface area contributed by atoms with Crippen molar-refractivity contribution in [3.63, 3.8) is 0 Å². The van der Waals surface area contributed by atoms with Gasteiger partial charge in [-0.2, -0.15) is 5.10 Å². The van der Waals surface area contributed by atoms with E-state index in [0.717, 1.165) is 62.8 Å². The minimum absolute atomic E-state index is 0.0356. The quantitative estimate of drug-likeness (QED) is 0.515. The Bertz CT molecular complexity index is 1290. The third kappa shape index (κ3) is 4.77. The topological polar surface area (TPSA) is 103 Å². The first-order chi connectivity index (χ1) is 17.1. The average Bonchev–Trinajstić information content (AvgIpc) is 3.17. The SMILES string of the molecule is O=c1c(Cl)c(NC[C@H]2CCCOC2)cnn1[C@H]1CC[C@H](n2c(=O)n(CCO)c3ccccc32)CC1. The first kappa shape index (κ1) is 24.1. The zero-order valence-corrected chi connectivity index (χ0v) is 20.5. The van der Waals surface area contributed by atoms with Crippen LogP contribution in [0.4, 0.5) is 5.69 Å². The Balaban J connectivity index is 1.29. The van der Waals surface area contributed by atoms with E-state index < -0.39 is 0 Å².